The number of carbonyl (C=O) groups excluding carboxylic acids is 2. The average molecular weight is 232 g/mol. The fourth-order valence-corrected chi connectivity index (χ4v) is 1.05. The summed E-state index contributed by atoms with van der Waals surface area (Å²) < 4.78 is 5.23. The first kappa shape index (κ1) is 14.3. The molecule has 5 heteroatoms. The van der Waals surface area contributed by atoms with E-state index in [1.807, 2.05) is 13.1 Å². The second kappa shape index (κ2) is 5.41. The van der Waals surface area contributed by atoms with Gasteiger partial charge in [-0.1, -0.05) is 20.8 Å². The number of rotatable bonds is 5. The summed E-state index contributed by atoms with van der Waals surface area (Å²) in [4.78, 5) is 25.8. The van der Waals surface area contributed by atoms with Crippen LogP contribution in [0.25, 0.3) is 0 Å². The van der Waals surface area contributed by atoms with Crippen LogP contribution in [-0.4, -0.2) is 20.6 Å². The third-order valence-corrected chi connectivity index (χ3v) is 6.73. The van der Waals surface area contributed by atoms with Crippen molar-refractivity contribution in [3.8, 4) is 0 Å². The molecule has 0 fully saturated rings. The molecule has 0 bridgehead atoms. The van der Waals surface area contributed by atoms with E-state index >= 15 is 0 Å². The highest BCUT2D eigenvalue weighted by Gasteiger charge is 2.40. The third kappa shape index (κ3) is 5.08. The fraction of sp³-hybridized carbons (Fsp3) is 0.800. The zero-order chi connectivity index (χ0) is 12.1. The molecule has 0 saturated carbocycles. The molecule has 0 aliphatic rings. The lowest BCUT2D eigenvalue weighted by molar-refractivity contribution is -0.221. The van der Waals surface area contributed by atoms with Crippen molar-refractivity contribution >= 4 is 20.6 Å². The molecule has 0 radical (unpaired) electrons. The van der Waals surface area contributed by atoms with Gasteiger partial charge in [0.25, 0.3) is 8.32 Å². The summed E-state index contributed by atoms with van der Waals surface area (Å²) in [5.74, 6) is -0.480. The molecule has 0 aliphatic carbocycles. The highest BCUT2D eigenvalue weighted by molar-refractivity contribution is 6.73. The third-order valence-electron chi connectivity index (χ3n) is 2.62. The highest BCUT2D eigenvalue weighted by atomic mass is 28.4. The number of aldehydes is 1. The molecule has 0 saturated heterocycles. The van der Waals surface area contributed by atoms with Gasteiger partial charge < -0.3 is 9.68 Å². The van der Waals surface area contributed by atoms with Crippen LogP contribution in [0.1, 0.15) is 33.6 Å². The molecule has 0 atom stereocenters. The molecule has 0 spiro atoms. The van der Waals surface area contributed by atoms with E-state index in [2.05, 4.69) is 20.8 Å². The van der Waals surface area contributed by atoms with Gasteiger partial charge in [0.05, 0.1) is 6.42 Å². The lowest BCUT2D eigenvalue weighted by atomic mass is 10.2. The molecule has 0 aromatic rings. The van der Waals surface area contributed by atoms with Crippen molar-refractivity contribution < 1.29 is 19.1 Å². The van der Waals surface area contributed by atoms with Gasteiger partial charge in [0.15, 0.2) is 0 Å². The van der Waals surface area contributed by atoms with Gasteiger partial charge in [-0.3, -0.25) is 0 Å². The van der Waals surface area contributed by atoms with Crippen LogP contribution in [0, 0.1) is 0 Å². The van der Waals surface area contributed by atoms with E-state index in [4.69, 9.17) is 9.46 Å². The van der Waals surface area contributed by atoms with Crippen molar-refractivity contribution in [1.82, 2.24) is 0 Å². The van der Waals surface area contributed by atoms with Gasteiger partial charge in [-0.2, -0.15) is 0 Å². The van der Waals surface area contributed by atoms with Crippen LogP contribution in [0.15, 0.2) is 0 Å². The van der Waals surface area contributed by atoms with E-state index in [9.17, 15) is 9.59 Å². The number of hydrogen-bond donors (Lipinski definition) is 0. The topological polar surface area (TPSA) is 52.6 Å². The second-order valence-electron chi connectivity index (χ2n) is 5.00. The van der Waals surface area contributed by atoms with E-state index in [0.717, 1.165) is 0 Å². The van der Waals surface area contributed by atoms with Gasteiger partial charge in [0.2, 0.25) is 0 Å². The minimum absolute atomic E-state index is 0.00204. The lowest BCUT2D eigenvalue weighted by Crippen LogP contribution is -2.41. The predicted octanol–water partition coefficient (Wildman–Crippen LogP) is 2.45. The molecular weight excluding hydrogens is 212 g/mol. The van der Waals surface area contributed by atoms with Crippen LogP contribution in [0.3, 0.4) is 0 Å². The number of hydrogen-bond acceptors (Lipinski definition) is 4. The highest BCUT2D eigenvalue weighted by Crippen LogP contribution is 2.36. The molecule has 0 aromatic heterocycles. The molecule has 0 aromatic carbocycles. The largest absolute Gasteiger partial charge is 0.341 e. The van der Waals surface area contributed by atoms with Gasteiger partial charge >= 0.3 is 5.97 Å². The first-order valence-corrected chi connectivity index (χ1v) is 7.93. The van der Waals surface area contributed by atoms with Crippen molar-refractivity contribution in [2.75, 3.05) is 0 Å². The molecule has 15 heavy (non-hydrogen) atoms. The smallest absolute Gasteiger partial charge is 0.310 e. The van der Waals surface area contributed by atoms with Crippen molar-refractivity contribution in [3.63, 3.8) is 0 Å². The zero-order valence-corrected chi connectivity index (χ0v) is 11.1. The van der Waals surface area contributed by atoms with E-state index < -0.39 is 14.3 Å². The van der Waals surface area contributed by atoms with E-state index in [0.29, 0.717) is 6.29 Å². The molecule has 0 heterocycles. The van der Waals surface area contributed by atoms with Crippen LogP contribution in [0.2, 0.25) is 18.1 Å². The molecule has 0 aliphatic heterocycles. The SMILES string of the molecule is CC(C)(C)[Si](C)(C)OOC(=O)CCC=O. The van der Waals surface area contributed by atoms with E-state index in [-0.39, 0.29) is 17.9 Å². The molecule has 0 unspecified atom stereocenters. The Kier molecular flexibility index (Phi) is 5.17. The number of carbonyl (C=O) groups is 2. The lowest BCUT2D eigenvalue weighted by Gasteiger charge is -2.33. The van der Waals surface area contributed by atoms with Gasteiger partial charge in [-0.15, -0.1) is 0 Å². The van der Waals surface area contributed by atoms with Crippen molar-refractivity contribution in [3.05, 3.63) is 0 Å². The Morgan fingerprint density at radius 1 is 1.33 bits per heavy atom. The average Bonchev–Trinajstić information content (AvgIpc) is 2.09. The zero-order valence-electron chi connectivity index (χ0n) is 10.1. The second-order valence-corrected chi connectivity index (χ2v) is 9.69. The van der Waals surface area contributed by atoms with Crippen LogP contribution in [0.4, 0.5) is 0 Å². The molecule has 0 N–H and O–H groups in total. The van der Waals surface area contributed by atoms with Gasteiger partial charge in [-0.25, -0.2) is 9.37 Å². The Morgan fingerprint density at radius 2 is 1.87 bits per heavy atom. The first-order chi connectivity index (χ1) is 6.70. The maximum atomic E-state index is 11.1. The Morgan fingerprint density at radius 3 is 2.27 bits per heavy atom. The maximum Gasteiger partial charge on any atom is 0.341 e. The van der Waals surface area contributed by atoms with Crippen molar-refractivity contribution in [1.29, 1.82) is 0 Å². The molecule has 0 rings (SSSR count). The van der Waals surface area contributed by atoms with Crippen LogP contribution in [-0.2, 0) is 19.1 Å². The Hall–Kier alpha value is -0.683. The fourth-order valence-electron chi connectivity index (χ4n) is 0.494. The standard InChI is InChI=1S/C10H20O4Si/c1-10(2,3)15(4,5)14-13-9(12)7-6-8-11/h8H,6-7H2,1-5H3. The monoisotopic (exact) mass is 232 g/mol. The summed E-state index contributed by atoms with van der Waals surface area (Å²) in [6.45, 7) is 10.1. The quantitative estimate of drug-likeness (QED) is 0.316. The van der Waals surface area contributed by atoms with Crippen LogP contribution in [0.5, 0.6) is 0 Å². The molecule has 88 valence electrons. The summed E-state index contributed by atoms with van der Waals surface area (Å²) in [5, 5.41) is -0.00204. The van der Waals surface area contributed by atoms with Gasteiger partial charge in [-0.05, 0) is 18.1 Å². The Bertz CT molecular complexity index is 230. The van der Waals surface area contributed by atoms with E-state index in [1.54, 1.807) is 0 Å². The Labute approximate surface area is 92.0 Å². The van der Waals surface area contributed by atoms with Gasteiger partial charge in [0, 0.05) is 6.42 Å². The van der Waals surface area contributed by atoms with Crippen LogP contribution < -0.4 is 0 Å². The summed E-state index contributed by atoms with van der Waals surface area (Å²) in [6.07, 6.45) is 0.950. The summed E-state index contributed by atoms with van der Waals surface area (Å²) in [5.41, 5.74) is 0. The summed E-state index contributed by atoms with van der Waals surface area (Å²) in [6, 6.07) is 0. The minimum Gasteiger partial charge on any atom is -0.310 e. The summed E-state index contributed by atoms with van der Waals surface area (Å²) >= 11 is 0. The van der Waals surface area contributed by atoms with Crippen LogP contribution >= 0.6 is 0 Å². The van der Waals surface area contributed by atoms with Crippen molar-refractivity contribution in [2.24, 2.45) is 0 Å². The summed E-state index contributed by atoms with van der Waals surface area (Å²) in [7, 11) is -2.04. The van der Waals surface area contributed by atoms with Gasteiger partial charge in [0.1, 0.15) is 6.29 Å². The normalized spacial score (nSPS) is 12.3. The maximum absolute atomic E-state index is 11.1. The molecule has 4 nitrogen and oxygen atoms in total. The molecule has 0 amide bonds. The predicted molar refractivity (Wildman–Crippen MR) is 59.7 cm³/mol. The van der Waals surface area contributed by atoms with E-state index in [1.165, 1.54) is 0 Å². The first-order valence-electron chi connectivity index (χ1n) is 5.03. The molecular formula is C10H20O4Si. The van der Waals surface area contributed by atoms with Crippen molar-refractivity contribution in [2.45, 2.75) is 51.7 Å². The minimum atomic E-state index is -2.04. The Balaban J connectivity index is 4.04.